The zero-order valence-corrected chi connectivity index (χ0v) is 17.1. The Morgan fingerprint density at radius 1 is 0.931 bits per heavy atom. The Morgan fingerprint density at radius 3 is 2.17 bits per heavy atom. The second-order valence-corrected chi connectivity index (χ2v) is 8.52. The van der Waals surface area contributed by atoms with Crippen LogP contribution in [0.4, 0.5) is 0 Å². The van der Waals surface area contributed by atoms with Gasteiger partial charge in [0.25, 0.3) is 0 Å². The van der Waals surface area contributed by atoms with E-state index in [1.54, 1.807) is 24.3 Å². The lowest BCUT2D eigenvalue weighted by atomic mass is 9.96. The van der Waals surface area contributed by atoms with Crippen LogP contribution in [-0.4, -0.2) is 21.5 Å². The van der Waals surface area contributed by atoms with Gasteiger partial charge < -0.3 is 4.74 Å². The maximum atomic E-state index is 12.9. The summed E-state index contributed by atoms with van der Waals surface area (Å²) in [7, 11) is -2.35. The van der Waals surface area contributed by atoms with Crippen LogP contribution in [0.5, 0.6) is 0 Å². The molecule has 0 saturated heterocycles. The van der Waals surface area contributed by atoms with Crippen molar-refractivity contribution in [2.75, 3.05) is 7.11 Å². The number of sulfonamides is 1. The molecule has 0 saturated carbocycles. The molecule has 0 spiro atoms. The summed E-state index contributed by atoms with van der Waals surface area (Å²) in [6.07, 6.45) is 0. The normalized spacial score (nSPS) is 12.3. The fraction of sp³-hybridized carbons (Fsp3) is 0.174. The van der Waals surface area contributed by atoms with Crippen LogP contribution in [0.25, 0.3) is 0 Å². The van der Waals surface area contributed by atoms with Gasteiger partial charge >= 0.3 is 5.97 Å². The molecule has 3 aromatic rings. The molecule has 29 heavy (non-hydrogen) atoms. The van der Waals surface area contributed by atoms with Crippen LogP contribution in [0, 0.1) is 6.92 Å². The number of nitrogens with one attached hydrogen (secondary N) is 1. The highest BCUT2D eigenvalue weighted by molar-refractivity contribution is 7.88. The first-order valence-corrected chi connectivity index (χ1v) is 10.8. The molecule has 1 atom stereocenters. The van der Waals surface area contributed by atoms with Crippen molar-refractivity contribution in [3.05, 3.63) is 107 Å². The lowest BCUT2D eigenvalue weighted by molar-refractivity contribution is 0.0600. The van der Waals surface area contributed by atoms with Crippen molar-refractivity contribution in [2.45, 2.75) is 18.7 Å². The van der Waals surface area contributed by atoms with Crippen LogP contribution >= 0.6 is 0 Å². The number of carbonyl (C=O) groups is 1. The van der Waals surface area contributed by atoms with Crippen LogP contribution < -0.4 is 4.72 Å². The molecule has 150 valence electrons. The topological polar surface area (TPSA) is 72.5 Å². The summed E-state index contributed by atoms with van der Waals surface area (Å²) in [5, 5.41) is 0. The molecule has 0 heterocycles. The molecule has 3 rings (SSSR count). The van der Waals surface area contributed by atoms with Gasteiger partial charge in [-0.05, 0) is 41.3 Å². The average Bonchev–Trinajstić information content (AvgIpc) is 2.73. The largest absolute Gasteiger partial charge is 0.465 e. The summed E-state index contributed by atoms with van der Waals surface area (Å²) in [4.78, 5) is 11.5. The Morgan fingerprint density at radius 2 is 1.55 bits per heavy atom. The van der Waals surface area contributed by atoms with Gasteiger partial charge in [0.15, 0.2) is 0 Å². The monoisotopic (exact) mass is 409 g/mol. The molecule has 5 nitrogen and oxygen atoms in total. The first-order chi connectivity index (χ1) is 13.9. The fourth-order valence-electron chi connectivity index (χ4n) is 3.16. The first kappa shape index (κ1) is 20.8. The molecule has 0 aromatic heterocycles. The minimum absolute atomic E-state index is 0.191. The summed E-state index contributed by atoms with van der Waals surface area (Å²) in [5.41, 5.74) is 3.74. The molecule has 1 N–H and O–H groups in total. The molecule has 0 fully saturated rings. The van der Waals surface area contributed by atoms with Crippen LogP contribution in [-0.2, 0) is 20.5 Å². The number of aryl methyl sites for hydroxylation is 1. The maximum Gasteiger partial charge on any atom is 0.337 e. The predicted molar refractivity (Wildman–Crippen MR) is 113 cm³/mol. The summed E-state index contributed by atoms with van der Waals surface area (Å²) < 4.78 is 33.4. The number of methoxy groups -OCH3 is 1. The third kappa shape index (κ3) is 5.31. The Kier molecular flexibility index (Phi) is 6.46. The number of benzene rings is 3. The third-order valence-corrected chi connectivity index (χ3v) is 5.97. The minimum atomic E-state index is -3.65. The van der Waals surface area contributed by atoms with E-state index < -0.39 is 22.0 Å². The van der Waals surface area contributed by atoms with E-state index in [9.17, 15) is 13.2 Å². The van der Waals surface area contributed by atoms with Crippen molar-refractivity contribution in [1.29, 1.82) is 0 Å². The molecular formula is C23H23NO4S. The molecule has 3 aromatic carbocycles. The predicted octanol–water partition coefficient (Wildman–Crippen LogP) is 3.99. The van der Waals surface area contributed by atoms with Crippen LogP contribution in [0.15, 0.2) is 78.9 Å². The number of hydrogen-bond acceptors (Lipinski definition) is 4. The molecule has 6 heteroatoms. The fourth-order valence-corrected chi connectivity index (χ4v) is 4.50. The summed E-state index contributed by atoms with van der Waals surface area (Å²) in [5.74, 6) is -0.648. The second kappa shape index (κ2) is 9.03. The van der Waals surface area contributed by atoms with Gasteiger partial charge in [-0.2, -0.15) is 0 Å². The highest BCUT2D eigenvalue weighted by Crippen LogP contribution is 2.26. The van der Waals surface area contributed by atoms with Crippen molar-refractivity contribution >= 4 is 16.0 Å². The minimum Gasteiger partial charge on any atom is -0.465 e. The van der Waals surface area contributed by atoms with E-state index in [-0.39, 0.29) is 5.75 Å². The number of hydrogen-bond donors (Lipinski definition) is 1. The van der Waals surface area contributed by atoms with Crippen molar-refractivity contribution < 1.29 is 17.9 Å². The maximum absolute atomic E-state index is 12.9. The van der Waals surface area contributed by atoms with Crippen molar-refractivity contribution in [1.82, 2.24) is 4.72 Å². The highest BCUT2D eigenvalue weighted by Gasteiger charge is 2.23. The van der Waals surface area contributed by atoms with Crippen molar-refractivity contribution in [3.63, 3.8) is 0 Å². The Balaban J connectivity index is 1.87. The van der Waals surface area contributed by atoms with Gasteiger partial charge in [-0.15, -0.1) is 0 Å². The van der Waals surface area contributed by atoms with E-state index in [1.165, 1.54) is 7.11 Å². The van der Waals surface area contributed by atoms with E-state index in [0.29, 0.717) is 11.1 Å². The first-order valence-electron chi connectivity index (χ1n) is 9.17. The lowest BCUT2D eigenvalue weighted by Gasteiger charge is -2.21. The number of rotatable bonds is 7. The molecule has 0 bridgehead atoms. The van der Waals surface area contributed by atoms with Crippen molar-refractivity contribution in [3.8, 4) is 0 Å². The average molecular weight is 410 g/mol. The van der Waals surface area contributed by atoms with Gasteiger partial charge in [0, 0.05) is 0 Å². The van der Waals surface area contributed by atoms with E-state index in [4.69, 9.17) is 0 Å². The smallest absolute Gasteiger partial charge is 0.337 e. The highest BCUT2D eigenvalue weighted by atomic mass is 32.2. The Labute approximate surface area is 171 Å². The number of esters is 1. The van der Waals surface area contributed by atoms with Crippen LogP contribution in [0.1, 0.15) is 38.7 Å². The molecule has 0 aliphatic rings. The molecule has 0 amide bonds. The zero-order valence-electron chi connectivity index (χ0n) is 16.3. The van der Waals surface area contributed by atoms with Gasteiger partial charge in [0.2, 0.25) is 10.0 Å². The standard InChI is InChI=1S/C23H23NO4S/c1-17-8-6-7-11-21(17)22(19-9-4-3-5-10-19)24-29(26,27)16-18-12-14-20(15-13-18)23(25)28-2/h3-15,22,24H,16H2,1-2H3/t22-/m1/s1. The number of ether oxygens (including phenoxy) is 1. The van der Waals surface area contributed by atoms with Gasteiger partial charge in [0.05, 0.1) is 24.5 Å². The summed E-state index contributed by atoms with van der Waals surface area (Å²) >= 11 is 0. The van der Waals surface area contributed by atoms with E-state index in [0.717, 1.165) is 16.7 Å². The van der Waals surface area contributed by atoms with Crippen LogP contribution in [0.3, 0.4) is 0 Å². The van der Waals surface area contributed by atoms with Crippen LogP contribution in [0.2, 0.25) is 0 Å². The molecule has 0 aliphatic heterocycles. The van der Waals surface area contributed by atoms with Gasteiger partial charge in [-0.25, -0.2) is 17.9 Å². The zero-order chi connectivity index (χ0) is 20.9. The summed E-state index contributed by atoms with van der Waals surface area (Å²) in [6, 6.07) is 23.1. The van der Waals surface area contributed by atoms with E-state index in [2.05, 4.69) is 9.46 Å². The quantitative estimate of drug-likeness (QED) is 0.599. The van der Waals surface area contributed by atoms with E-state index in [1.807, 2.05) is 61.5 Å². The number of carbonyl (C=O) groups excluding carboxylic acids is 1. The summed E-state index contributed by atoms with van der Waals surface area (Å²) in [6.45, 7) is 1.96. The van der Waals surface area contributed by atoms with Crippen molar-refractivity contribution in [2.24, 2.45) is 0 Å². The molecular weight excluding hydrogens is 386 g/mol. The third-order valence-electron chi connectivity index (χ3n) is 4.66. The Bertz CT molecular complexity index is 1080. The lowest BCUT2D eigenvalue weighted by Crippen LogP contribution is -2.31. The van der Waals surface area contributed by atoms with Gasteiger partial charge in [-0.1, -0.05) is 66.7 Å². The molecule has 0 aliphatic carbocycles. The molecule has 0 radical (unpaired) electrons. The SMILES string of the molecule is COC(=O)c1ccc(CS(=O)(=O)N[C@H](c2ccccc2)c2ccccc2C)cc1. The van der Waals surface area contributed by atoms with E-state index >= 15 is 0 Å². The molecule has 0 unspecified atom stereocenters. The van der Waals surface area contributed by atoms with Gasteiger partial charge in [0.1, 0.15) is 0 Å². The second-order valence-electron chi connectivity index (χ2n) is 6.77. The Hall–Kier alpha value is -2.96. The van der Waals surface area contributed by atoms with Gasteiger partial charge in [-0.3, -0.25) is 0 Å².